The maximum Gasteiger partial charge on any atom is 0.238 e. The number of halogens is 2. The lowest BCUT2D eigenvalue weighted by Gasteiger charge is -2.24. The van der Waals surface area contributed by atoms with Crippen LogP contribution >= 0.6 is 0 Å². The Morgan fingerprint density at radius 2 is 1.86 bits per heavy atom. The molecule has 4 aromatic rings. The Hall–Kier alpha value is -4.03. The van der Waals surface area contributed by atoms with Gasteiger partial charge in [0.05, 0.1) is 40.6 Å². The number of hydrogen-bond acceptors (Lipinski definition) is 8. The van der Waals surface area contributed by atoms with Crippen molar-refractivity contribution in [2.75, 3.05) is 36.9 Å². The van der Waals surface area contributed by atoms with E-state index in [4.69, 9.17) is 24.2 Å². The molecular formula is C31H33F2N5O4S. The van der Waals surface area contributed by atoms with Gasteiger partial charge in [-0.25, -0.2) is 27.9 Å². The average Bonchev–Trinajstić information content (AvgIpc) is 3.81. The van der Waals surface area contributed by atoms with Gasteiger partial charge in [0.15, 0.2) is 0 Å². The van der Waals surface area contributed by atoms with E-state index in [1.807, 2.05) is 19.1 Å². The third kappa shape index (κ3) is 6.50. The summed E-state index contributed by atoms with van der Waals surface area (Å²) in [5, 5.41) is 4.18. The lowest BCUT2D eigenvalue weighted by Crippen LogP contribution is -2.26. The molecule has 0 radical (unpaired) electrons. The minimum absolute atomic E-state index is 0.0296. The van der Waals surface area contributed by atoms with Gasteiger partial charge in [0, 0.05) is 42.6 Å². The van der Waals surface area contributed by atoms with Gasteiger partial charge in [-0.15, -0.1) is 0 Å². The first-order chi connectivity index (χ1) is 20.7. The highest BCUT2D eigenvalue weighted by atomic mass is 32.2. The van der Waals surface area contributed by atoms with Gasteiger partial charge in [-0.1, -0.05) is 0 Å². The van der Waals surface area contributed by atoms with Crippen molar-refractivity contribution in [1.29, 1.82) is 0 Å². The van der Waals surface area contributed by atoms with E-state index in [1.165, 1.54) is 20.0 Å². The molecule has 0 bridgehead atoms. The molecule has 2 fully saturated rings. The molecular weight excluding hydrogens is 576 g/mol. The molecule has 1 saturated carbocycles. The predicted molar refractivity (Wildman–Crippen MR) is 163 cm³/mol. The first-order valence-corrected chi connectivity index (χ1v) is 15.9. The van der Waals surface area contributed by atoms with Crippen molar-refractivity contribution in [2.45, 2.75) is 43.6 Å². The van der Waals surface area contributed by atoms with Crippen LogP contribution in [-0.2, 0) is 14.4 Å². The molecule has 2 N–H and O–H groups in total. The Bertz CT molecular complexity index is 1780. The Balaban J connectivity index is 1.40. The molecule has 1 aliphatic heterocycles. The van der Waals surface area contributed by atoms with Crippen molar-refractivity contribution in [1.82, 2.24) is 15.0 Å². The zero-order valence-corrected chi connectivity index (χ0v) is 24.8. The quantitative estimate of drug-likeness (QED) is 0.218. The number of methoxy groups -OCH3 is 1. The highest BCUT2D eigenvalue weighted by molar-refractivity contribution is 8.01. The Morgan fingerprint density at radius 1 is 1.07 bits per heavy atom. The van der Waals surface area contributed by atoms with E-state index in [9.17, 15) is 13.0 Å². The molecule has 2 aliphatic rings. The van der Waals surface area contributed by atoms with Crippen molar-refractivity contribution >= 4 is 38.1 Å². The minimum atomic E-state index is -3.45. The van der Waals surface area contributed by atoms with E-state index in [-0.39, 0.29) is 22.6 Å². The second kappa shape index (κ2) is 11.9. The zero-order chi connectivity index (χ0) is 30.1. The summed E-state index contributed by atoms with van der Waals surface area (Å²) in [7, 11) is -2.03. The number of nitrogens with zero attached hydrogens (tertiary/aromatic N) is 3. The van der Waals surface area contributed by atoms with Gasteiger partial charge in [-0.3, -0.25) is 0 Å². The SMILES string of the molecule is C=S(=O)(Nc1cc(-c2cc(OC3CCOCC3)c3nc(NCC4CC4)nc(C)c3c2)cnc1OC)c1ccc(F)cc1F. The first-order valence-electron chi connectivity index (χ1n) is 14.2. The summed E-state index contributed by atoms with van der Waals surface area (Å²) in [4.78, 5) is 13.7. The van der Waals surface area contributed by atoms with Crippen LogP contribution in [0, 0.1) is 24.5 Å². The van der Waals surface area contributed by atoms with Crippen LogP contribution in [0.1, 0.15) is 31.4 Å². The number of hydrogen-bond donors (Lipinski definition) is 2. The Kier molecular flexibility index (Phi) is 8.06. The molecule has 2 aromatic carbocycles. The van der Waals surface area contributed by atoms with Crippen molar-refractivity contribution < 1.29 is 27.2 Å². The summed E-state index contributed by atoms with van der Waals surface area (Å²) in [5.41, 5.74) is 3.11. The zero-order valence-electron chi connectivity index (χ0n) is 24.0. The van der Waals surface area contributed by atoms with E-state index in [0.29, 0.717) is 48.0 Å². The first kappa shape index (κ1) is 29.1. The average molecular weight is 610 g/mol. The summed E-state index contributed by atoms with van der Waals surface area (Å²) < 4.78 is 61.8. The molecule has 0 amide bonds. The number of aryl methyl sites for hydroxylation is 1. The maximum atomic E-state index is 14.5. The molecule has 43 heavy (non-hydrogen) atoms. The molecule has 1 unspecified atom stereocenters. The molecule has 12 heteroatoms. The molecule has 1 atom stereocenters. The van der Waals surface area contributed by atoms with Crippen LogP contribution in [0.25, 0.3) is 22.0 Å². The molecule has 1 saturated heterocycles. The highest BCUT2D eigenvalue weighted by Crippen LogP contribution is 2.37. The standard InChI is InChI=1S/C31H33F2N5O4S/c1-18-24-12-20(14-27(42-23-8-10-41-11-9-23)29(24)37-31(36-18)35-16-19-4-5-19)21-13-26(30(40-2)34-17-21)38-43(3,39)28-7-6-22(32)15-25(28)33/h6-7,12-15,17,19,23H,3-5,8-11,16H2,1-2H3,(H,38,39)(H,35,36,37). The third-order valence-electron chi connectivity index (χ3n) is 7.57. The summed E-state index contributed by atoms with van der Waals surface area (Å²) in [5.74, 6) is 3.92. The van der Waals surface area contributed by atoms with Crippen LogP contribution in [0.4, 0.5) is 20.4 Å². The fourth-order valence-electron chi connectivity index (χ4n) is 5.04. The lowest BCUT2D eigenvalue weighted by molar-refractivity contribution is 0.0261. The van der Waals surface area contributed by atoms with E-state index >= 15 is 0 Å². The topological polar surface area (TPSA) is 107 Å². The second-order valence-corrected chi connectivity index (χ2v) is 12.9. The van der Waals surface area contributed by atoms with Crippen molar-refractivity contribution in [3.05, 3.63) is 59.9 Å². The number of pyridine rings is 1. The van der Waals surface area contributed by atoms with Crippen LogP contribution in [-0.4, -0.2) is 58.0 Å². The molecule has 3 heterocycles. The molecule has 0 spiro atoms. The van der Waals surface area contributed by atoms with Gasteiger partial charge in [0.1, 0.15) is 34.7 Å². The van der Waals surface area contributed by atoms with E-state index < -0.39 is 21.3 Å². The normalized spacial score (nSPS) is 16.9. The number of benzene rings is 2. The third-order valence-corrected chi connectivity index (χ3v) is 9.16. The van der Waals surface area contributed by atoms with Crippen LogP contribution in [0.3, 0.4) is 0 Å². The maximum absolute atomic E-state index is 14.5. The molecule has 1 aliphatic carbocycles. The number of anilines is 2. The number of ether oxygens (including phenoxy) is 3. The number of rotatable bonds is 10. The smallest absolute Gasteiger partial charge is 0.238 e. The van der Waals surface area contributed by atoms with E-state index in [1.54, 1.807) is 12.3 Å². The number of aromatic nitrogens is 3. The second-order valence-electron chi connectivity index (χ2n) is 10.9. The summed E-state index contributed by atoms with van der Waals surface area (Å²) in [6.07, 6.45) is 5.55. The van der Waals surface area contributed by atoms with Crippen LogP contribution in [0.15, 0.2) is 47.5 Å². The van der Waals surface area contributed by atoms with Gasteiger partial charge in [-0.2, -0.15) is 0 Å². The highest BCUT2D eigenvalue weighted by Gasteiger charge is 2.23. The Labute approximate surface area is 249 Å². The molecule has 6 rings (SSSR count). The van der Waals surface area contributed by atoms with Gasteiger partial charge < -0.3 is 24.2 Å². The van der Waals surface area contributed by atoms with Gasteiger partial charge >= 0.3 is 0 Å². The number of nitrogens with one attached hydrogen (secondary N) is 2. The van der Waals surface area contributed by atoms with E-state index in [2.05, 4.69) is 20.9 Å². The lowest BCUT2D eigenvalue weighted by atomic mass is 10.0. The molecule has 9 nitrogen and oxygen atoms in total. The summed E-state index contributed by atoms with van der Waals surface area (Å²) in [6.45, 7) is 4.02. The molecule has 2 aromatic heterocycles. The van der Waals surface area contributed by atoms with Crippen molar-refractivity contribution in [3.8, 4) is 22.8 Å². The van der Waals surface area contributed by atoms with Crippen LogP contribution < -0.4 is 19.5 Å². The van der Waals surface area contributed by atoms with Gasteiger partial charge in [0.25, 0.3) is 0 Å². The van der Waals surface area contributed by atoms with E-state index in [0.717, 1.165) is 48.2 Å². The van der Waals surface area contributed by atoms with Gasteiger partial charge in [0.2, 0.25) is 11.8 Å². The van der Waals surface area contributed by atoms with Gasteiger partial charge in [-0.05, 0) is 67.4 Å². The summed E-state index contributed by atoms with van der Waals surface area (Å²) in [6, 6.07) is 8.36. The van der Waals surface area contributed by atoms with Crippen molar-refractivity contribution in [3.63, 3.8) is 0 Å². The monoisotopic (exact) mass is 609 g/mol. The fraction of sp³-hybridized carbons (Fsp3) is 0.355. The Morgan fingerprint density at radius 3 is 2.58 bits per heavy atom. The summed E-state index contributed by atoms with van der Waals surface area (Å²) >= 11 is 0. The largest absolute Gasteiger partial charge is 0.488 e. The minimum Gasteiger partial charge on any atom is -0.488 e. The van der Waals surface area contributed by atoms with Crippen molar-refractivity contribution in [2.24, 2.45) is 5.92 Å². The van der Waals surface area contributed by atoms with Crippen LogP contribution in [0.5, 0.6) is 11.6 Å². The predicted octanol–water partition coefficient (Wildman–Crippen LogP) is 5.77. The molecule has 226 valence electrons. The van der Waals surface area contributed by atoms with Crippen LogP contribution in [0.2, 0.25) is 0 Å². The number of fused-ring (bicyclic) bond motifs is 1. The fourth-order valence-corrected chi connectivity index (χ4v) is 6.31.